The largest absolute Gasteiger partial charge is 0.362 e. The minimum absolute atomic E-state index is 0.250. The van der Waals surface area contributed by atoms with E-state index in [0.29, 0.717) is 31.1 Å². The lowest BCUT2D eigenvalue weighted by molar-refractivity contribution is 0.320. The number of hydrogen-bond acceptors (Lipinski definition) is 4. The number of imidazole rings is 1. The fourth-order valence-electron chi connectivity index (χ4n) is 3.94. The molecule has 0 bridgehead atoms. The Morgan fingerprint density at radius 2 is 2.10 bits per heavy atom. The van der Waals surface area contributed by atoms with Gasteiger partial charge in [0.1, 0.15) is 5.82 Å². The molecule has 0 radical (unpaired) electrons. The number of fused-ring (bicyclic) bond motifs is 1. The van der Waals surface area contributed by atoms with Crippen molar-refractivity contribution in [3.8, 4) is 0 Å². The zero-order chi connectivity index (χ0) is 21.3. The van der Waals surface area contributed by atoms with E-state index in [-0.39, 0.29) is 6.04 Å². The van der Waals surface area contributed by atoms with Gasteiger partial charge in [0, 0.05) is 46.7 Å². The summed E-state index contributed by atoms with van der Waals surface area (Å²) in [7, 11) is -3.43. The average molecular weight is 510 g/mol. The molecular weight excluding hydrogens is 488 g/mol. The summed E-state index contributed by atoms with van der Waals surface area (Å²) in [4.78, 5) is 9.71. The molecule has 3 aromatic rings. The van der Waals surface area contributed by atoms with Gasteiger partial charge < -0.3 is 9.88 Å². The van der Waals surface area contributed by atoms with Crippen molar-refractivity contribution in [1.82, 2.24) is 14.3 Å². The van der Waals surface area contributed by atoms with Gasteiger partial charge in [0.2, 0.25) is 10.0 Å². The molecule has 1 aliphatic heterocycles. The van der Waals surface area contributed by atoms with Crippen LogP contribution in [-0.2, 0) is 29.5 Å². The van der Waals surface area contributed by atoms with Crippen molar-refractivity contribution in [2.24, 2.45) is 0 Å². The Bertz CT molecular complexity index is 1140. The molecule has 1 N–H and O–H groups in total. The second kappa shape index (κ2) is 8.70. The highest BCUT2D eigenvalue weighted by molar-refractivity contribution is 9.10. The number of rotatable bonds is 5. The molecule has 2 aromatic carbocycles. The lowest BCUT2D eigenvalue weighted by Gasteiger charge is -2.31. The van der Waals surface area contributed by atoms with Crippen LogP contribution >= 0.6 is 27.5 Å². The number of nitrogens with one attached hydrogen (secondary N) is 1. The lowest BCUT2D eigenvalue weighted by Crippen LogP contribution is -2.45. The smallest absolute Gasteiger partial charge is 0.211 e. The van der Waals surface area contributed by atoms with Gasteiger partial charge in [0.25, 0.3) is 0 Å². The van der Waals surface area contributed by atoms with Gasteiger partial charge in [0.05, 0.1) is 12.8 Å². The van der Waals surface area contributed by atoms with Crippen LogP contribution in [0.2, 0.25) is 5.02 Å². The molecule has 4 rings (SSSR count). The second-order valence-electron chi connectivity index (χ2n) is 7.49. The summed E-state index contributed by atoms with van der Waals surface area (Å²) in [5, 5.41) is 0.645. The summed E-state index contributed by atoms with van der Waals surface area (Å²) < 4.78 is 28.1. The van der Waals surface area contributed by atoms with E-state index in [2.05, 4.69) is 30.8 Å². The Hall–Kier alpha value is -1.87. The van der Waals surface area contributed by atoms with Crippen molar-refractivity contribution in [3.05, 3.63) is 81.3 Å². The SMILES string of the molecule is CS(=O)(=O)N1Cc2cc(Br)ccc2N(Cc2ncc[nH]2)CC1Cc1cccc(Cl)c1. The number of aromatic amines is 1. The zero-order valence-electron chi connectivity index (χ0n) is 16.4. The Kier molecular flexibility index (Phi) is 6.20. The quantitative estimate of drug-likeness (QED) is 0.559. The predicted molar refractivity (Wildman–Crippen MR) is 123 cm³/mol. The molecule has 0 saturated heterocycles. The van der Waals surface area contributed by atoms with Gasteiger partial charge in [-0.15, -0.1) is 0 Å². The van der Waals surface area contributed by atoms with Crippen LogP contribution in [0.3, 0.4) is 0 Å². The second-order valence-corrected chi connectivity index (χ2v) is 10.8. The third-order valence-electron chi connectivity index (χ3n) is 5.23. The van der Waals surface area contributed by atoms with Gasteiger partial charge in [-0.2, -0.15) is 4.31 Å². The van der Waals surface area contributed by atoms with E-state index in [1.54, 1.807) is 16.7 Å². The van der Waals surface area contributed by atoms with Gasteiger partial charge >= 0.3 is 0 Å². The minimum atomic E-state index is -3.43. The topological polar surface area (TPSA) is 69.3 Å². The van der Waals surface area contributed by atoms with Crippen molar-refractivity contribution >= 4 is 43.2 Å². The molecule has 0 amide bonds. The maximum absolute atomic E-state index is 12.8. The highest BCUT2D eigenvalue weighted by atomic mass is 79.9. The first-order valence-electron chi connectivity index (χ1n) is 9.52. The van der Waals surface area contributed by atoms with Crippen LogP contribution in [0.15, 0.2) is 59.3 Å². The highest BCUT2D eigenvalue weighted by Crippen LogP contribution is 2.33. The number of benzene rings is 2. The van der Waals surface area contributed by atoms with E-state index in [1.165, 1.54) is 6.26 Å². The monoisotopic (exact) mass is 508 g/mol. The minimum Gasteiger partial charge on any atom is -0.362 e. The molecule has 1 atom stereocenters. The summed E-state index contributed by atoms with van der Waals surface area (Å²) in [5.41, 5.74) is 2.97. The van der Waals surface area contributed by atoms with E-state index < -0.39 is 10.0 Å². The van der Waals surface area contributed by atoms with E-state index in [0.717, 1.165) is 27.1 Å². The highest BCUT2D eigenvalue weighted by Gasteiger charge is 2.33. The first-order valence-corrected chi connectivity index (χ1v) is 12.5. The number of sulfonamides is 1. The molecule has 0 spiro atoms. The zero-order valence-corrected chi connectivity index (χ0v) is 19.6. The number of anilines is 1. The van der Waals surface area contributed by atoms with Crippen LogP contribution in [-0.4, -0.2) is 41.5 Å². The Morgan fingerprint density at radius 1 is 1.27 bits per heavy atom. The van der Waals surface area contributed by atoms with Gasteiger partial charge in [-0.1, -0.05) is 39.7 Å². The fraction of sp³-hybridized carbons (Fsp3) is 0.286. The molecular formula is C21H22BrClN4O2S. The maximum Gasteiger partial charge on any atom is 0.211 e. The number of halogens is 2. The Morgan fingerprint density at radius 3 is 2.80 bits per heavy atom. The van der Waals surface area contributed by atoms with Crippen LogP contribution < -0.4 is 4.90 Å². The van der Waals surface area contributed by atoms with Gasteiger partial charge in [-0.05, 0) is 47.9 Å². The summed E-state index contributed by atoms with van der Waals surface area (Å²) in [5.74, 6) is 0.832. The number of nitrogens with zero attached hydrogens (tertiary/aromatic N) is 3. The molecule has 2 heterocycles. The van der Waals surface area contributed by atoms with Gasteiger partial charge in [0.15, 0.2) is 0 Å². The van der Waals surface area contributed by atoms with Crippen LogP contribution in [0.1, 0.15) is 17.0 Å². The number of aromatic nitrogens is 2. The van der Waals surface area contributed by atoms with Crippen LogP contribution in [0.4, 0.5) is 5.69 Å². The van der Waals surface area contributed by atoms with Crippen molar-refractivity contribution in [2.75, 3.05) is 17.7 Å². The summed E-state index contributed by atoms with van der Waals surface area (Å²) in [6.45, 7) is 1.41. The fourth-order valence-corrected chi connectivity index (χ4v) is 5.61. The summed E-state index contributed by atoms with van der Waals surface area (Å²) >= 11 is 9.70. The Labute approximate surface area is 190 Å². The first-order chi connectivity index (χ1) is 14.3. The molecule has 9 heteroatoms. The first kappa shape index (κ1) is 21.4. The van der Waals surface area contributed by atoms with E-state index in [4.69, 9.17) is 11.6 Å². The molecule has 0 aliphatic carbocycles. The van der Waals surface area contributed by atoms with Crippen molar-refractivity contribution in [1.29, 1.82) is 0 Å². The van der Waals surface area contributed by atoms with Gasteiger partial charge in [-0.25, -0.2) is 13.4 Å². The van der Waals surface area contributed by atoms with E-state index >= 15 is 0 Å². The normalized spacial score (nSPS) is 17.6. The van der Waals surface area contributed by atoms with Crippen LogP contribution in [0, 0.1) is 0 Å². The van der Waals surface area contributed by atoms with E-state index in [1.807, 2.05) is 42.5 Å². The molecule has 158 valence electrons. The third kappa shape index (κ3) is 4.88. The maximum atomic E-state index is 12.8. The molecule has 0 saturated carbocycles. The molecule has 1 aromatic heterocycles. The molecule has 1 aliphatic rings. The lowest BCUT2D eigenvalue weighted by atomic mass is 10.1. The van der Waals surface area contributed by atoms with Crippen molar-refractivity contribution in [2.45, 2.75) is 25.6 Å². The number of H-pyrrole nitrogens is 1. The van der Waals surface area contributed by atoms with Crippen molar-refractivity contribution in [3.63, 3.8) is 0 Å². The standard InChI is InChI=1S/C21H22BrClN4O2S/c1-30(28,29)27-12-16-11-17(22)5-6-20(16)26(14-21-24-7-8-25-21)13-19(27)10-15-3-2-4-18(23)9-15/h2-9,11,19H,10,12-14H2,1H3,(H,24,25). The van der Waals surface area contributed by atoms with E-state index in [9.17, 15) is 8.42 Å². The summed E-state index contributed by atoms with van der Waals surface area (Å²) in [6.07, 6.45) is 5.36. The molecule has 30 heavy (non-hydrogen) atoms. The number of hydrogen-bond donors (Lipinski definition) is 1. The molecule has 6 nitrogen and oxygen atoms in total. The third-order valence-corrected chi connectivity index (χ3v) is 7.24. The molecule has 0 fully saturated rings. The summed E-state index contributed by atoms with van der Waals surface area (Å²) in [6, 6.07) is 13.4. The van der Waals surface area contributed by atoms with Crippen LogP contribution in [0.25, 0.3) is 0 Å². The molecule has 1 unspecified atom stereocenters. The van der Waals surface area contributed by atoms with Crippen molar-refractivity contribution < 1.29 is 8.42 Å². The predicted octanol–water partition coefficient (Wildman–Crippen LogP) is 4.22. The van der Waals surface area contributed by atoms with Gasteiger partial charge in [-0.3, -0.25) is 0 Å². The average Bonchev–Trinajstić information content (AvgIpc) is 3.12. The van der Waals surface area contributed by atoms with Crippen LogP contribution in [0.5, 0.6) is 0 Å². The Balaban J connectivity index is 1.76.